The maximum absolute atomic E-state index is 4.40. The number of rotatable bonds is 3. The second kappa shape index (κ2) is 4.66. The largest absolute Gasteiger partial charge is 0.241 e. The molecule has 0 saturated carbocycles. The van der Waals surface area contributed by atoms with Gasteiger partial charge in [0.05, 0.1) is 5.69 Å². The van der Waals surface area contributed by atoms with E-state index in [1.54, 1.807) is 6.33 Å². The molecule has 0 fully saturated rings. The summed E-state index contributed by atoms with van der Waals surface area (Å²) >= 11 is 0. The Kier molecular flexibility index (Phi) is 3.23. The Morgan fingerprint density at radius 1 is 1.06 bits per heavy atom. The Labute approximate surface area is 103 Å². The van der Waals surface area contributed by atoms with E-state index in [0.717, 1.165) is 23.4 Å². The normalized spacial score (nSPS) is 11.5. The van der Waals surface area contributed by atoms with Gasteiger partial charge < -0.3 is 0 Å². The van der Waals surface area contributed by atoms with Crippen LogP contribution in [0.25, 0.3) is 11.3 Å². The summed E-state index contributed by atoms with van der Waals surface area (Å²) in [6.45, 7) is 6.61. The SMILES string of the molecule is CCC(C)(C)c1cc(-c2ccccc2)ncn1. The molecule has 0 unspecified atom stereocenters. The van der Waals surface area contributed by atoms with E-state index < -0.39 is 0 Å². The van der Waals surface area contributed by atoms with Crippen molar-refractivity contribution < 1.29 is 0 Å². The second-order valence-electron chi connectivity index (χ2n) is 4.89. The molecule has 1 heterocycles. The first-order valence-electron chi connectivity index (χ1n) is 6.01. The molecule has 0 amide bonds. The second-order valence-corrected chi connectivity index (χ2v) is 4.89. The van der Waals surface area contributed by atoms with Gasteiger partial charge in [0.1, 0.15) is 6.33 Å². The van der Waals surface area contributed by atoms with Gasteiger partial charge in [0.2, 0.25) is 0 Å². The Morgan fingerprint density at radius 3 is 2.41 bits per heavy atom. The summed E-state index contributed by atoms with van der Waals surface area (Å²) in [5.41, 5.74) is 3.35. The lowest BCUT2D eigenvalue weighted by Crippen LogP contribution is -2.17. The van der Waals surface area contributed by atoms with Crippen molar-refractivity contribution in [2.75, 3.05) is 0 Å². The van der Waals surface area contributed by atoms with E-state index in [2.05, 4.69) is 48.9 Å². The van der Waals surface area contributed by atoms with E-state index >= 15 is 0 Å². The maximum Gasteiger partial charge on any atom is 0.116 e. The lowest BCUT2D eigenvalue weighted by atomic mass is 9.86. The topological polar surface area (TPSA) is 25.8 Å². The quantitative estimate of drug-likeness (QED) is 0.794. The van der Waals surface area contributed by atoms with Gasteiger partial charge in [0.15, 0.2) is 0 Å². The average Bonchev–Trinajstić information content (AvgIpc) is 2.40. The average molecular weight is 226 g/mol. The van der Waals surface area contributed by atoms with Gasteiger partial charge >= 0.3 is 0 Å². The van der Waals surface area contributed by atoms with Crippen LogP contribution in [0.5, 0.6) is 0 Å². The first-order valence-corrected chi connectivity index (χ1v) is 6.01. The minimum Gasteiger partial charge on any atom is -0.241 e. The van der Waals surface area contributed by atoms with Crippen LogP contribution in [0.4, 0.5) is 0 Å². The molecule has 17 heavy (non-hydrogen) atoms. The zero-order chi connectivity index (χ0) is 12.3. The Hall–Kier alpha value is -1.70. The van der Waals surface area contributed by atoms with Crippen molar-refractivity contribution in [3.8, 4) is 11.3 Å². The molecule has 2 rings (SSSR count). The highest BCUT2D eigenvalue weighted by Gasteiger charge is 2.20. The predicted octanol–water partition coefficient (Wildman–Crippen LogP) is 3.83. The molecule has 88 valence electrons. The third kappa shape index (κ3) is 2.52. The van der Waals surface area contributed by atoms with Crippen LogP contribution in [0.15, 0.2) is 42.7 Å². The zero-order valence-corrected chi connectivity index (χ0v) is 10.6. The van der Waals surface area contributed by atoms with Gasteiger partial charge in [-0.3, -0.25) is 0 Å². The van der Waals surface area contributed by atoms with Crippen LogP contribution in [-0.4, -0.2) is 9.97 Å². The molecule has 0 aliphatic carbocycles. The van der Waals surface area contributed by atoms with Gasteiger partial charge in [0.25, 0.3) is 0 Å². The molecule has 0 atom stereocenters. The van der Waals surface area contributed by atoms with E-state index in [9.17, 15) is 0 Å². The van der Waals surface area contributed by atoms with E-state index in [1.165, 1.54) is 0 Å². The maximum atomic E-state index is 4.40. The molecular weight excluding hydrogens is 208 g/mol. The van der Waals surface area contributed by atoms with Crippen molar-refractivity contribution in [3.05, 3.63) is 48.4 Å². The molecule has 1 aromatic heterocycles. The predicted molar refractivity (Wildman–Crippen MR) is 70.8 cm³/mol. The first kappa shape index (κ1) is 11.8. The fraction of sp³-hybridized carbons (Fsp3) is 0.333. The van der Waals surface area contributed by atoms with Crippen molar-refractivity contribution >= 4 is 0 Å². The standard InChI is InChI=1S/C15H18N2/c1-4-15(2,3)14-10-13(16-11-17-14)12-8-6-5-7-9-12/h5-11H,4H2,1-3H3. The zero-order valence-electron chi connectivity index (χ0n) is 10.6. The molecule has 2 aromatic rings. The van der Waals surface area contributed by atoms with Gasteiger partial charge in [-0.2, -0.15) is 0 Å². The molecule has 1 aromatic carbocycles. The number of hydrogen-bond acceptors (Lipinski definition) is 2. The van der Waals surface area contributed by atoms with Crippen LogP contribution < -0.4 is 0 Å². The van der Waals surface area contributed by atoms with Crippen LogP contribution >= 0.6 is 0 Å². The van der Waals surface area contributed by atoms with Crippen molar-refractivity contribution in [1.82, 2.24) is 9.97 Å². The molecular formula is C15H18N2. The lowest BCUT2D eigenvalue weighted by Gasteiger charge is -2.22. The van der Waals surface area contributed by atoms with Gasteiger partial charge in [-0.1, -0.05) is 51.1 Å². The molecule has 2 nitrogen and oxygen atoms in total. The summed E-state index contributed by atoms with van der Waals surface area (Å²) in [5.74, 6) is 0. The summed E-state index contributed by atoms with van der Waals surface area (Å²) in [4.78, 5) is 8.74. The highest BCUT2D eigenvalue weighted by Crippen LogP contribution is 2.27. The van der Waals surface area contributed by atoms with Crippen LogP contribution in [0, 0.1) is 0 Å². The number of hydrogen-bond donors (Lipinski definition) is 0. The number of nitrogens with zero attached hydrogens (tertiary/aromatic N) is 2. The first-order chi connectivity index (χ1) is 8.13. The van der Waals surface area contributed by atoms with Crippen LogP contribution in [0.2, 0.25) is 0 Å². The molecule has 2 heteroatoms. The summed E-state index contributed by atoms with van der Waals surface area (Å²) < 4.78 is 0. The van der Waals surface area contributed by atoms with Gasteiger partial charge in [0, 0.05) is 16.7 Å². The minimum atomic E-state index is 0.104. The third-order valence-corrected chi connectivity index (χ3v) is 3.31. The van der Waals surface area contributed by atoms with Crippen molar-refractivity contribution in [1.29, 1.82) is 0 Å². The highest BCUT2D eigenvalue weighted by molar-refractivity contribution is 5.59. The molecule has 0 saturated heterocycles. The van der Waals surface area contributed by atoms with Gasteiger partial charge in [-0.15, -0.1) is 0 Å². The highest BCUT2D eigenvalue weighted by atomic mass is 14.8. The van der Waals surface area contributed by atoms with Gasteiger partial charge in [-0.25, -0.2) is 9.97 Å². The molecule has 0 bridgehead atoms. The summed E-state index contributed by atoms with van der Waals surface area (Å²) in [6.07, 6.45) is 2.73. The van der Waals surface area contributed by atoms with Crippen LogP contribution in [0.3, 0.4) is 0 Å². The fourth-order valence-electron chi connectivity index (χ4n) is 1.68. The molecule has 0 aliphatic heterocycles. The summed E-state index contributed by atoms with van der Waals surface area (Å²) in [5, 5.41) is 0. The number of aromatic nitrogens is 2. The minimum absolute atomic E-state index is 0.104. The van der Waals surface area contributed by atoms with Crippen molar-refractivity contribution in [3.63, 3.8) is 0 Å². The van der Waals surface area contributed by atoms with Gasteiger partial charge in [-0.05, 0) is 12.5 Å². The number of benzene rings is 1. The molecule has 0 radical (unpaired) electrons. The van der Waals surface area contributed by atoms with Crippen LogP contribution in [0.1, 0.15) is 32.9 Å². The fourth-order valence-corrected chi connectivity index (χ4v) is 1.68. The third-order valence-electron chi connectivity index (χ3n) is 3.31. The van der Waals surface area contributed by atoms with E-state index in [-0.39, 0.29) is 5.41 Å². The Balaban J connectivity index is 2.42. The monoisotopic (exact) mass is 226 g/mol. The molecule has 0 spiro atoms. The lowest BCUT2D eigenvalue weighted by molar-refractivity contribution is 0.489. The molecule has 0 N–H and O–H groups in total. The Bertz CT molecular complexity index is 489. The smallest absolute Gasteiger partial charge is 0.116 e. The van der Waals surface area contributed by atoms with Crippen molar-refractivity contribution in [2.45, 2.75) is 32.6 Å². The van der Waals surface area contributed by atoms with Crippen molar-refractivity contribution in [2.24, 2.45) is 0 Å². The summed E-state index contributed by atoms with van der Waals surface area (Å²) in [6, 6.07) is 12.3. The van der Waals surface area contributed by atoms with Crippen LogP contribution in [-0.2, 0) is 5.41 Å². The van der Waals surface area contributed by atoms with E-state index in [0.29, 0.717) is 0 Å². The van der Waals surface area contributed by atoms with E-state index in [1.807, 2.05) is 18.2 Å². The summed E-state index contributed by atoms with van der Waals surface area (Å²) in [7, 11) is 0. The Morgan fingerprint density at radius 2 is 1.76 bits per heavy atom. The van der Waals surface area contributed by atoms with E-state index in [4.69, 9.17) is 0 Å². The molecule has 0 aliphatic rings.